The Labute approximate surface area is 108 Å². The average Bonchev–Trinajstić information content (AvgIpc) is 2.70. The molecule has 0 spiro atoms. The lowest BCUT2D eigenvalue weighted by Crippen LogP contribution is -1.99. The highest BCUT2D eigenvalue weighted by atomic mass is 32.1. The van der Waals surface area contributed by atoms with Gasteiger partial charge in [0.1, 0.15) is 15.7 Å². The first-order valence-corrected chi connectivity index (χ1v) is 6.17. The molecule has 2 aromatic rings. The summed E-state index contributed by atoms with van der Waals surface area (Å²) in [6, 6.07) is 4.93. The average molecular weight is 265 g/mol. The number of esters is 1. The quantitative estimate of drug-likeness (QED) is 0.782. The highest BCUT2D eigenvalue weighted by Gasteiger charge is 2.18. The van der Waals surface area contributed by atoms with E-state index in [2.05, 4.69) is 9.72 Å². The Morgan fingerprint density at radius 3 is 2.72 bits per heavy atom. The first-order chi connectivity index (χ1) is 8.52. The fourth-order valence-electron chi connectivity index (χ4n) is 1.59. The number of hydrogen-bond acceptors (Lipinski definition) is 4. The normalized spacial score (nSPS) is 10.4. The third kappa shape index (κ3) is 2.26. The van der Waals surface area contributed by atoms with Crippen molar-refractivity contribution in [3.05, 3.63) is 40.2 Å². The molecule has 0 atom stereocenters. The predicted octanol–water partition coefficient (Wildman–Crippen LogP) is 3.35. The molecule has 0 aliphatic rings. The third-order valence-electron chi connectivity index (χ3n) is 2.52. The number of benzene rings is 1. The molecule has 1 heterocycles. The van der Waals surface area contributed by atoms with Crippen LogP contribution in [0.1, 0.15) is 20.9 Å². The summed E-state index contributed by atoms with van der Waals surface area (Å²) in [6.45, 7) is 3.53. The maximum absolute atomic E-state index is 13.8. The lowest BCUT2D eigenvalue weighted by atomic mass is 10.1. The number of ether oxygens (including phenoxy) is 1. The molecule has 18 heavy (non-hydrogen) atoms. The SMILES string of the molecule is COC(=O)c1sc(-c2ccc(C)cc2F)nc1C. The van der Waals surface area contributed by atoms with E-state index in [-0.39, 0.29) is 5.82 Å². The highest BCUT2D eigenvalue weighted by Crippen LogP contribution is 2.30. The molecule has 0 saturated heterocycles. The smallest absolute Gasteiger partial charge is 0.349 e. The van der Waals surface area contributed by atoms with Gasteiger partial charge in [-0.25, -0.2) is 14.2 Å². The summed E-state index contributed by atoms with van der Waals surface area (Å²) in [7, 11) is 1.31. The number of thiazole rings is 1. The van der Waals surface area contributed by atoms with Gasteiger partial charge in [0.2, 0.25) is 0 Å². The van der Waals surface area contributed by atoms with E-state index in [0.717, 1.165) is 16.9 Å². The maximum Gasteiger partial charge on any atom is 0.349 e. The summed E-state index contributed by atoms with van der Waals surface area (Å²) in [4.78, 5) is 16.1. The van der Waals surface area contributed by atoms with E-state index in [1.807, 2.05) is 13.0 Å². The molecule has 0 radical (unpaired) electrons. The van der Waals surface area contributed by atoms with Gasteiger partial charge in [-0.05, 0) is 31.5 Å². The van der Waals surface area contributed by atoms with Crippen LogP contribution in [-0.4, -0.2) is 18.1 Å². The maximum atomic E-state index is 13.8. The summed E-state index contributed by atoms with van der Waals surface area (Å²) >= 11 is 1.14. The summed E-state index contributed by atoms with van der Waals surface area (Å²) < 4.78 is 18.5. The van der Waals surface area contributed by atoms with Crippen LogP contribution in [0.3, 0.4) is 0 Å². The minimum atomic E-state index is -0.441. The van der Waals surface area contributed by atoms with Crippen molar-refractivity contribution >= 4 is 17.3 Å². The molecule has 0 unspecified atom stereocenters. The summed E-state index contributed by atoms with van der Waals surface area (Å²) in [5.41, 5.74) is 1.81. The number of aromatic nitrogens is 1. The zero-order chi connectivity index (χ0) is 13.3. The number of methoxy groups -OCH3 is 1. The standard InChI is InChI=1S/C13H12FNO2S/c1-7-4-5-9(10(14)6-7)12-15-8(2)11(18-12)13(16)17-3/h4-6H,1-3H3. The van der Waals surface area contributed by atoms with E-state index in [4.69, 9.17) is 0 Å². The van der Waals surface area contributed by atoms with Gasteiger partial charge < -0.3 is 4.74 Å². The molecule has 1 aromatic heterocycles. The van der Waals surface area contributed by atoms with Crippen molar-refractivity contribution in [3.63, 3.8) is 0 Å². The van der Waals surface area contributed by atoms with Gasteiger partial charge in [-0.15, -0.1) is 11.3 Å². The molecule has 0 amide bonds. The van der Waals surface area contributed by atoms with Gasteiger partial charge in [0.15, 0.2) is 0 Å². The molecular formula is C13H12FNO2S. The van der Waals surface area contributed by atoms with Crippen molar-refractivity contribution in [1.82, 2.24) is 4.98 Å². The van der Waals surface area contributed by atoms with Crippen LogP contribution in [-0.2, 0) is 4.74 Å². The van der Waals surface area contributed by atoms with Crippen LogP contribution in [0.25, 0.3) is 10.6 Å². The molecular weight excluding hydrogens is 253 g/mol. The predicted molar refractivity (Wildman–Crippen MR) is 68.3 cm³/mol. The second-order valence-corrected chi connectivity index (χ2v) is 4.91. The molecule has 3 nitrogen and oxygen atoms in total. The molecule has 0 bridgehead atoms. The van der Waals surface area contributed by atoms with E-state index in [0.29, 0.717) is 21.1 Å². The van der Waals surface area contributed by atoms with Crippen LogP contribution in [0.15, 0.2) is 18.2 Å². The van der Waals surface area contributed by atoms with Gasteiger partial charge in [0, 0.05) is 5.56 Å². The monoisotopic (exact) mass is 265 g/mol. The first-order valence-electron chi connectivity index (χ1n) is 5.35. The Bertz CT molecular complexity index is 607. The Hall–Kier alpha value is -1.75. The zero-order valence-corrected chi connectivity index (χ0v) is 11.1. The van der Waals surface area contributed by atoms with Crippen molar-refractivity contribution in [1.29, 1.82) is 0 Å². The fourth-order valence-corrected chi connectivity index (χ4v) is 2.60. The molecule has 94 valence electrons. The van der Waals surface area contributed by atoms with Crippen LogP contribution in [0.5, 0.6) is 0 Å². The molecule has 0 aliphatic carbocycles. The van der Waals surface area contributed by atoms with Gasteiger partial charge in [0.25, 0.3) is 0 Å². The lowest BCUT2D eigenvalue weighted by molar-refractivity contribution is 0.0605. The second-order valence-electron chi connectivity index (χ2n) is 3.91. The Balaban J connectivity index is 2.49. The number of carbonyl (C=O) groups excluding carboxylic acids is 1. The van der Waals surface area contributed by atoms with Gasteiger partial charge in [-0.1, -0.05) is 6.07 Å². The molecule has 0 fully saturated rings. The Morgan fingerprint density at radius 1 is 1.39 bits per heavy atom. The van der Waals surface area contributed by atoms with Crippen LogP contribution in [0.2, 0.25) is 0 Å². The van der Waals surface area contributed by atoms with Crippen molar-refractivity contribution in [2.75, 3.05) is 7.11 Å². The van der Waals surface area contributed by atoms with Crippen LogP contribution in [0, 0.1) is 19.7 Å². The van der Waals surface area contributed by atoms with Crippen molar-refractivity contribution in [2.24, 2.45) is 0 Å². The molecule has 2 rings (SSSR count). The minimum absolute atomic E-state index is 0.333. The molecule has 0 saturated carbocycles. The van der Waals surface area contributed by atoms with Crippen molar-refractivity contribution in [2.45, 2.75) is 13.8 Å². The minimum Gasteiger partial charge on any atom is -0.465 e. The molecule has 0 aliphatic heterocycles. The van der Waals surface area contributed by atoms with Crippen molar-refractivity contribution < 1.29 is 13.9 Å². The van der Waals surface area contributed by atoms with Gasteiger partial charge in [-0.2, -0.15) is 0 Å². The highest BCUT2D eigenvalue weighted by molar-refractivity contribution is 7.17. The van der Waals surface area contributed by atoms with Crippen LogP contribution >= 0.6 is 11.3 Å². The van der Waals surface area contributed by atoms with Crippen molar-refractivity contribution in [3.8, 4) is 10.6 Å². The van der Waals surface area contributed by atoms with Gasteiger partial charge >= 0.3 is 5.97 Å². The molecule has 1 aromatic carbocycles. The van der Waals surface area contributed by atoms with Crippen LogP contribution in [0.4, 0.5) is 4.39 Å². The summed E-state index contributed by atoms with van der Waals surface area (Å²) in [5, 5.41) is 0.491. The zero-order valence-electron chi connectivity index (χ0n) is 10.3. The number of carbonyl (C=O) groups is 1. The number of aryl methyl sites for hydroxylation is 2. The topological polar surface area (TPSA) is 39.2 Å². The summed E-state index contributed by atoms with van der Waals surface area (Å²) in [6.07, 6.45) is 0. The number of hydrogen-bond donors (Lipinski definition) is 0. The first kappa shape index (κ1) is 12.7. The molecule has 0 N–H and O–H groups in total. The van der Waals surface area contributed by atoms with Gasteiger partial charge in [-0.3, -0.25) is 0 Å². The molecule has 5 heteroatoms. The van der Waals surface area contributed by atoms with E-state index in [1.54, 1.807) is 13.0 Å². The largest absolute Gasteiger partial charge is 0.465 e. The lowest BCUT2D eigenvalue weighted by Gasteiger charge is -1.99. The number of nitrogens with zero attached hydrogens (tertiary/aromatic N) is 1. The van der Waals surface area contributed by atoms with Crippen LogP contribution < -0.4 is 0 Å². The van der Waals surface area contributed by atoms with E-state index < -0.39 is 5.97 Å². The van der Waals surface area contributed by atoms with Gasteiger partial charge in [0.05, 0.1) is 12.8 Å². The third-order valence-corrected chi connectivity index (χ3v) is 3.69. The Morgan fingerprint density at radius 2 is 2.11 bits per heavy atom. The Kier molecular flexibility index (Phi) is 3.43. The van der Waals surface area contributed by atoms with E-state index >= 15 is 0 Å². The van der Waals surface area contributed by atoms with E-state index in [1.165, 1.54) is 13.2 Å². The number of rotatable bonds is 2. The second kappa shape index (κ2) is 4.86. The van der Waals surface area contributed by atoms with E-state index in [9.17, 15) is 9.18 Å². The summed E-state index contributed by atoms with van der Waals surface area (Å²) in [5.74, 6) is -0.774. The number of halogens is 1. The fraction of sp³-hybridized carbons (Fsp3) is 0.231.